The fourth-order valence-electron chi connectivity index (χ4n) is 3.18. The van der Waals surface area contributed by atoms with E-state index in [-0.39, 0.29) is 6.04 Å². The fraction of sp³-hybridized carbons (Fsp3) is 0.0435. The van der Waals surface area contributed by atoms with Crippen LogP contribution in [0.4, 0.5) is 5.69 Å². The normalized spacial score (nSPS) is 16.2. The molecule has 1 N–H and O–H groups in total. The number of benzene rings is 3. The SMILES string of the molecule is Clc1ccc(C=CC2=CC(c3ccc(Cl)cc3Cl)N(c3ccccc3)N2)c(Cl)c1. The lowest BCUT2D eigenvalue weighted by molar-refractivity contribution is 0.710. The number of halogens is 4. The molecule has 0 aliphatic carbocycles. The van der Waals surface area contributed by atoms with Crippen molar-refractivity contribution in [1.82, 2.24) is 5.43 Å². The minimum absolute atomic E-state index is 0.0949. The Hall–Kier alpha value is -2.10. The Labute approximate surface area is 189 Å². The summed E-state index contributed by atoms with van der Waals surface area (Å²) >= 11 is 24.9. The van der Waals surface area contributed by atoms with Gasteiger partial charge in [-0.1, -0.05) is 82.8 Å². The molecule has 2 nitrogen and oxygen atoms in total. The second-order valence-electron chi connectivity index (χ2n) is 6.55. The van der Waals surface area contributed by atoms with Crippen LogP contribution in [-0.4, -0.2) is 0 Å². The van der Waals surface area contributed by atoms with Gasteiger partial charge in [0.05, 0.1) is 17.4 Å². The van der Waals surface area contributed by atoms with Crippen molar-refractivity contribution in [2.75, 3.05) is 5.01 Å². The molecule has 0 saturated heterocycles. The Kier molecular flexibility index (Phi) is 6.07. The third-order valence-electron chi connectivity index (χ3n) is 4.59. The van der Waals surface area contributed by atoms with Gasteiger partial charge in [-0.2, -0.15) is 0 Å². The van der Waals surface area contributed by atoms with Crippen LogP contribution in [0.15, 0.2) is 84.6 Å². The number of hydrazine groups is 1. The van der Waals surface area contributed by atoms with Crippen LogP contribution in [0.1, 0.15) is 17.2 Å². The van der Waals surface area contributed by atoms with Crippen molar-refractivity contribution in [2.24, 2.45) is 0 Å². The van der Waals surface area contributed by atoms with Crippen LogP contribution >= 0.6 is 46.4 Å². The van der Waals surface area contributed by atoms with Crippen LogP contribution in [0.5, 0.6) is 0 Å². The largest absolute Gasteiger partial charge is 0.298 e. The molecule has 0 saturated carbocycles. The van der Waals surface area contributed by atoms with Crippen LogP contribution in [0, 0.1) is 0 Å². The summed E-state index contributed by atoms with van der Waals surface area (Å²) in [7, 11) is 0. The van der Waals surface area contributed by atoms with Gasteiger partial charge in [-0.05, 0) is 59.7 Å². The lowest BCUT2D eigenvalue weighted by Crippen LogP contribution is -2.34. The van der Waals surface area contributed by atoms with E-state index >= 15 is 0 Å². The molecule has 1 unspecified atom stereocenters. The number of para-hydroxylation sites is 1. The number of hydrogen-bond acceptors (Lipinski definition) is 2. The van der Waals surface area contributed by atoms with E-state index in [2.05, 4.69) is 16.5 Å². The highest BCUT2D eigenvalue weighted by atomic mass is 35.5. The molecule has 1 aliphatic heterocycles. The molecule has 0 spiro atoms. The number of nitrogens with zero attached hydrogens (tertiary/aromatic N) is 1. The molecule has 3 aromatic rings. The molecular weight excluding hydrogens is 446 g/mol. The van der Waals surface area contributed by atoms with Gasteiger partial charge in [0.15, 0.2) is 0 Å². The maximum Gasteiger partial charge on any atom is 0.0972 e. The third kappa shape index (κ3) is 4.57. The minimum atomic E-state index is -0.0949. The number of anilines is 1. The van der Waals surface area contributed by atoms with Crippen LogP contribution in [0.2, 0.25) is 20.1 Å². The molecule has 1 aliphatic rings. The molecule has 1 atom stereocenters. The summed E-state index contributed by atoms with van der Waals surface area (Å²) in [5.41, 5.74) is 7.24. The molecule has 6 heteroatoms. The second-order valence-corrected chi connectivity index (χ2v) is 8.24. The zero-order valence-electron chi connectivity index (χ0n) is 15.1. The standard InChI is InChI=1S/C23H16Cl4N2/c24-16-8-6-15(21(26)12-16)7-10-18-14-23(20-11-9-17(25)13-22(20)27)29(28-18)19-4-2-1-3-5-19/h1-14,23,28H. The van der Waals surface area contributed by atoms with Crippen molar-refractivity contribution >= 4 is 58.2 Å². The first kappa shape index (κ1) is 20.2. The highest BCUT2D eigenvalue weighted by Crippen LogP contribution is 2.36. The summed E-state index contributed by atoms with van der Waals surface area (Å²) in [4.78, 5) is 0. The predicted octanol–water partition coefficient (Wildman–Crippen LogP) is 7.96. The van der Waals surface area contributed by atoms with Gasteiger partial charge in [0.2, 0.25) is 0 Å². The Morgan fingerprint density at radius 1 is 0.759 bits per heavy atom. The highest BCUT2D eigenvalue weighted by Gasteiger charge is 2.27. The predicted molar refractivity (Wildman–Crippen MR) is 125 cm³/mol. The van der Waals surface area contributed by atoms with E-state index in [4.69, 9.17) is 46.4 Å². The monoisotopic (exact) mass is 460 g/mol. The van der Waals surface area contributed by atoms with Crippen molar-refractivity contribution in [2.45, 2.75) is 6.04 Å². The van der Waals surface area contributed by atoms with Crippen molar-refractivity contribution in [1.29, 1.82) is 0 Å². The Bertz CT molecular complexity index is 1090. The third-order valence-corrected chi connectivity index (χ3v) is 5.71. The van der Waals surface area contributed by atoms with E-state index in [0.29, 0.717) is 20.1 Å². The van der Waals surface area contributed by atoms with E-state index in [1.807, 2.05) is 66.7 Å². The number of hydrogen-bond donors (Lipinski definition) is 1. The first-order valence-electron chi connectivity index (χ1n) is 8.92. The molecule has 0 radical (unpaired) electrons. The van der Waals surface area contributed by atoms with Gasteiger partial charge in [0.1, 0.15) is 0 Å². The van der Waals surface area contributed by atoms with Gasteiger partial charge in [-0.3, -0.25) is 10.4 Å². The summed E-state index contributed by atoms with van der Waals surface area (Å²) in [5.74, 6) is 0. The zero-order chi connectivity index (χ0) is 20.4. The Balaban J connectivity index is 1.69. The number of nitrogens with one attached hydrogen (secondary N) is 1. The molecule has 0 aromatic heterocycles. The average Bonchev–Trinajstić information content (AvgIpc) is 3.12. The van der Waals surface area contributed by atoms with Gasteiger partial charge in [0.25, 0.3) is 0 Å². The van der Waals surface area contributed by atoms with Crippen LogP contribution < -0.4 is 10.4 Å². The first-order chi connectivity index (χ1) is 14.0. The molecule has 0 amide bonds. The van der Waals surface area contributed by atoms with Crippen LogP contribution in [-0.2, 0) is 0 Å². The molecule has 29 heavy (non-hydrogen) atoms. The Morgan fingerprint density at radius 3 is 2.14 bits per heavy atom. The summed E-state index contributed by atoms with van der Waals surface area (Å²) in [6.45, 7) is 0. The van der Waals surface area contributed by atoms with Crippen LogP contribution in [0.3, 0.4) is 0 Å². The molecule has 146 valence electrons. The van der Waals surface area contributed by atoms with E-state index in [9.17, 15) is 0 Å². The van der Waals surface area contributed by atoms with Crippen LogP contribution in [0.25, 0.3) is 6.08 Å². The van der Waals surface area contributed by atoms with Gasteiger partial charge < -0.3 is 0 Å². The smallest absolute Gasteiger partial charge is 0.0972 e. The lowest BCUT2D eigenvalue weighted by Gasteiger charge is -2.28. The summed E-state index contributed by atoms with van der Waals surface area (Å²) < 4.78 is 0. The molecule has 1 heterocycles. The van der Waals surface area contributed by atoms with Crippen molar-refractivity contribution in [3.8, 4) is 0 Å². The molecule has 0 bridgehead atoms. The van der Waals surface area contributed by atoms with Gasteiger partial charge >= 0.3 is 0 Å². The van der Waals surface area contributed by atoms with Gasteiger partial charge in [-0.25, -0.2) is 0 Å². The summed E-state index contributed by atoms with van der Waals surface area (Å²) in [6, 6.07) is 21.0. The fourth-order valence-corrected chi connectivity index (χ4v) is 4.18. The quantitative estimate of drug-likeness (QED) is 0.423. The molecule has 3 aromatic carbocycles. The van der Waals surface area contributed by atoms with Crippen molar-refractivity contribution < 1.29 is 0 Å². The van der Waals surface area contributed by atoms with E-state index < -0.39 is 0 Å². The zero-order valence-corrected chi connectivity index (χ0v) is 18.1. The van der Waals surface area contributed by atoms with Gasteiger partial charge in [-0.15, -0.1) is 0 Å². The maximum atomic E-state index is 6.50. The highest BCUT2D eigenvalue weighted by molar-refractivity contribution is 6.35. The lowest BCUT2D eigenvalue weighted by atomic mass is 10.1. The first-order valence-corrected chi connectivity index (χ1v) is 10.4. The van der Waals surface area contributed by atoms with E-state index in [1.165, 1.54) is 0 Å². The van der Waals surface area contributed by atoms with Crippen molar-refractivity contribution in [3.05, 3.63) is 116 Å². The maximum absolute atomic E-state index is 6.50. The average molecular weight is 462 g/mol. The molecular formula is C23H16Cl4N2. The molecule has 4 rings (SSSR count). The van der Waals surface area contributed by atoms with E-state index in [1.54, 1.807) is 12.1 Å². The second kappa shape index (κ2) is 8.73. The summed E-state index contributed by atoms with van der Waals surface area (Å²) in [5, 5.41) is 4.51. The summed E-state index contributed by atoms with van der Waals surface area (Å²) in [6.07, 6.45) is 6.05. The number of allylic oxidation sites excluding steroid dienone is 1. The minimum Gasteiger partial charge on any atom is -0.298 e. The number of rotatable bonds is 4. The van der Waals surface area contributed by atoms with Gasteiger partial charge in [0, 0.05) is 20.1 Å². The molecule has 0 fully saturated rings. The Morgan fingerprint density at radius 2 is 1.45 bits per heavy atom. The topological polar surface area (TPSA) is 15.3 Å². The van der Waals surface area contributed by atoms with Crippen molar-refractivity contribution in [3.63, 3.8) is 0 Å². The van der Waals surface area contributed by atoms with E-state index in [0.717, 1.165) is 22.5 Å².